The van der Waals surface area contributed by atoms with Crippen LogP contribution in [0.1, 0.15) is 93.1 Å². The van der Waals surface area contributed by atoms with Crippen LogP contribution < -0.4 is 26.6 Å². The first kappa shape index (κ1) is 39.5. The zero-order chi connectivity index (χ0) is 36.4. The fraction of sp³-hybridized carbons (Fsp3) is 0.676. The molecule has 3 rings (SSSR count). The van der Waals surface area contributed by atoms with E-state index in [0.29, 0.717) is 38.6 Å². The van der Waals surface area contributed by atoms with Crippen LogP contribution >= 0.6 is 0 Å². The minimum Gasteiger partial charge on any atom is -0.343 e. The van der Waals surface area contributed by atoms with E-state index in [1.54, 1.807) is 13.8 Å². The lowest BCUT2D eigenvalue weighted by atomic mass is 9.97. The maximum Gasteiger partial charge on any atom is 0.246 e. The van der Waals surface area contributed by atoms with Crippen molar-refractivity contribution in [3.05, 3.63) is 35.9 Å². The molecule has 2 fully saturated rings. The molecule has 0 saturated carbocycles. The molecule has 0 spiro atoms. The summed E-state index contributed by atoms with van der Waals surface area (Å²) in [5.41, 5.74) is 0.820. The van der Waals surface area contributed by atoms with Gasteiger partial charge in [0.25, 0.3) is 0 Å². The third kappa shape index (κ3) is 11.6. The Balaban J connectivity index is 2.09. The fourth-order valence-electron chi connectivity index (χ4n) is 6.52. The van der Waals surface area contributed by atoms with E-state index in [9.17, 15) is 28.8 Å². The number of rotatable bonds is 9. The van der Waals surface area contributed by atoms with Gasteiger partial charge in [0.05, 0.1) is 0 Å². The molecule has 2 heterocycles. The smallest absolute Gasteiger partial charge is 0.246 e. The summed E-state index contributed by atoms with van der Waals surface area (Å²) in [5.74, 6) is -3.20. The molecule has 6 amide bonds. The molecule has 2 saturated heterocycles. The summed E-state index contributed by atoms with van der Waals surface area (Å²) in [6.07, 6.45) is 2.07. The molecule has 272 valence electrons. The minimum atomic E-state index is -1.01. The molecule has 5 N–H and O–H groups in total. The Kier molecular flexibility index (Phi) is 14.6. The predicted octanol–water partition coefficient (Wildman–Crippen LogP) is 2.45. The normalized spacial score (nSPS) is 26.6. The van der Waals surface area contributed by atoms with Gasteiger partial charge in [-0.25, -0.2) is 0 Å². The van der Waals surface area contributed by atoms with E-state index >= 15 is 0 Å². The van der Waals surface area contributed by atoms with Gasteiger partial charge in [0.15, 0.2) is 0 Å². The number of carbonyl (C=O) groups is 6. The Morgan fingerprint density at radius 1 is 0.592 bits per heavy atom. The zero-order valence-corrected chi connectivity index (χ0v) is 30.5. The third-order valence-corrected chi connectivity index (χ3v) is 9.00. The fourth-order valence-corrected chi connectivity index (χ4v) is 6.52. The molecule has 6 atom stereocenters. The lowest BCUT2D eigenvalue weighted by Crippen LogP contribution is -2.62. The van der Waals surface area contributed by atoms with E-state index in [2.05, 4.69) is 26.6 Å². The van der Waals surface area contributed by atoms with Crippen molar-refractivity contribution in [2.75, 3.05) is 6.54 Å². The van der Waals surface area contributed by atoms with Crippen LogP contribution in [0.5, 0.6) is 0 Å². The highest BCUT2D eigenvalue weighted by Crippen LogP contribution is 2.21. The highest BCUT2D eigenvalue weighted by molar-refractivity contribution is 5.98. The predicted molar refractivity (Wildman–Crippen MR) is 188 cm³/mol. The van der Waals surface area contributed by atoms with Crippen LogP contribution in [0.3, 0.4) is 0 Å². The summed E-state index contributed by atoms with van der Waals surface area (Å²) in [6.45, 7) is 15.5. The molecule has 0 aliphatic carbocycles. The van der Waals surface area contributed by atoms with Crippen LogP contribution in [0.2, 0.25) is 0 Å². The highest BCUT2D eigenvalue weighted by Gasteiger charge is 2.41. The topological polar surface area (TPSA) is 166 Å². The first-order valence-electron chi connectivity index (χ1n) is 17.9. The van der Waals surface area contributed by atoms with Gasteiger partial charge >= 0.3 is 0 Å². The SMILES string of the molecule is CC(C)C[C@@H]1NC(=O)[C@H](C(C)C)NC(=O)[C@@H](CC(C)C)NC(=O)[C@H](CC(C)C)NC(=O)[C@H]2CCCN2C(=O)[C@@H](Cc2ccccc2)NC1=O. The Hall–Kier alpha value is -3.96. The second-order valence-corrected chi connectivity index (χ2v) is 15.2. The Morgan fingerprint density at radius 3 is 1.53 bits per heavy atom. The van der Waals surface area contributed by atoms with Crippen molar-refractivity contribution >= 4 is 35.4 Å². The standard InChI is InChI=1S/C37H58N6O6/c1-21(2)17-26-32(44)38-28(19-23(5)6)34(46)42-31(24(7)8)36(48)40-27(18-22(3)4)33(45)41-29(20-25-13-10-9-11-14-25)37(49)43-16-12-15-30(43)35(47)39-26/h9-11,13-14,21-24,26-31H,12,15-20H2,1-8H3,(H,38,44)(H,39,47)(H,40,48)(H,41,45)(H,42,46)/t26-,27-,28+,29+,30+,31-/m0/s1. The van der Waals surface area contributed by atoms with Gasteiger partial charge in [0.1, 0.15) is 36.3 Å². The molecule has 0 unspecified atom stereocenters. The number of nitrogens with zero attached hydrogens (tertiary/aromatic N) is 1. The van der Waals surface area contributed by atoms with Gasteiger partial charge in [-0.3, -0.25) is 28.8 Å². The molecule has 12 heteroatoms. The molecule has 0 bridgehead atoms. The van der Waals surface area contributed by atoms with Crippen molar-refractivity contribution in [1.82, 2.24) is 31.5 Å². The second kappa shape index (κ2) is 18.2. The van der Waals surface area contributed by atoms with E-state index in [4.69, 9.17) is 0 Å². The van der Waals surface area contributed by atoms with Gasteiger partial charge in [0, 0.05) is 13.0 Å². The van der Waals surface area contributed by atoms with Crippen molar-refractivity contribution in [3.8, 4) is 0 Å². The van der Waals surface area contributed by atoms with Crippen LogP contribution in [0.4, 0.5) is 0 Å². The summed E-state index contributed by atoms with van der Waals surface area (Å²) in [4.78, 5) is 84.9. The Morgan fingerprint density at radius 2 is 1.04 bits per heavy atom. The lowest BCUT2D eigenvalue weighted by molar-refractivity contribution is -0.143. The van der Waals surface area contributed by atoms with Gasteiger partial charge in [-0.15, -0.1) is 0 Å². The van der Waals surface area contributed by atoms with Crippen LogP contribution in [-0.2, 0) is 35.2 Å². The molecule has 12 nitrogen and oxygen atoms in total. The monoisotopic (exact) mass is 682 g/mol. The quantitative estimate of drug-likeness (QED) is 0.269. The summed E-state index contributed by atoms with van der Waals surface area (Å²) < 4.78 is 0. The number of fused-ring (bicyclic) bond motifs is 1. The van der Waals surface area contributed by atoms with Crippen molar-refractivity contribution in [2.24, 2.45) is 23.7 Å². The number of benzene rings is 1. The van der Waals surface area contributed by atoms with E-state index in [1.165, 1.54) is 4.90 Å². The number of hydrogen-bond acceptors (Lipinski definition) is 6. The van der Waals surface area contributed by atoms with Gasteiger partial charge in [0.2, 0.25) is 35.4 Å². The van der Waals surface area contributed by atoms with E-state index in [0.717, 1.165) is 5.56 Å². The summed E-state index contributed by atoms with van der Waals surface area (Å²) in [6, 6.07) is 3.53. The maximum atomic E-state index is 14.3. The Bertz CT molecular complexity index is 1320. The molecule has 1 aromatic carbocycles. The molecule has 0 radical (unpaired) electrons. The molecule has 1 aromatic rings. The highest BCUT2D eigenvalue weighted by atomic mass is 16.2. The third-order valence-electron chi connectivity index (χ3n) is 9.00. The number of hydrogen-bond donors (Lipinski definition) is 5. The summed E-state index contributed by atoms with van der Waals surface area (Å²) in [7, 11) is 0. The lowest BCUT2D eigenvalue weighted by Gasteiger charge is -2.32. The second-order valence-electron chi connectivity index (χ2n) is 15.2. The van der Waals surface area contributed by atoms with Crippen molar-refractivity contribution in [3.63, 3.8) is 0 Å². The Labute approximate surface area is 291 Å². The van der Waals surface area contributed by atoms with E-state index in [1.807, 2.05) is 71.9 Å². The van der Waals surface area contributed by atoms with Crippen molar-refractivity contribution in [1.29, 1.82) is 0 Å². The average Bonchev–Trinajstić information content (AvgIpc) is 3.51. The first-order chi connectivity index (χ1) is 23.1. The van der Waals surface area contributed by atoms with Crippen LogP contribution in [0.25, 0.3) is 0 Å². The number of carbonyl (C=O) groups excluding carboxylic acids is 6. The van der Waals surface area contributed by atoms with Crippen LogP contribution in [0.15, 0.2) is 30.3 Å². The van der Waals surface area contributed by atoms with E-state index in [-0.39, 0.29) is 30.1 Å². The van der Waals surface area contributed by atoms with Gasteiger partial charge in [-0.1, -0.05) is 85.7 Å². The average molecular weight is 683 g/mol. The molecular weight excluding hydrogens is 624 g/mol. The molecule has 0 aromatic heterocycles. The summed E-state index contributed by atoms with van der Waals surface area (Å²) in [5, 5.41) is 14.4. The van der Waals surface area contributed by atoms with Crippen LogP contribution in [0, 0.1) is 23.7 Å². The van der Waals surface area contributed by atoms with Crippen molar-refractivity contribution < 1.29 is 28.8 Å². The molecular formula is C37H58N6O6. The van der Waals surface area contributed by atoms with E-state index < -0.39 is 71.7 Å². The van der Waals surface area contributed by atoms with Crippen molar-refractivity contribution in [2.45, 2.75) is 130 Å². The number of nitrogens with one attached hydrogen (secondary N) is 5. The largest absolute Gasteiger partial charge is 0.343 e. The molecule has 2 aliphatic heterocycles. The van der Waals surface area contributed by atoms with Gasteiger partial charge in [-0.05, 0) is 61.3 Å². The van der Waals surface area contributed by atoms with Gasteiger partial charge in [-0.2, -0.15) is 0 Å². The summed E-state index contributed by atoms with van der Waals surface area (Å²) >= 11 is 0. The molecule has 49 heavy (non-hydrogen) atoms. The maximum absolute atomic E-state index is 14.3. The van der Waals surface area contributed by atoms with Crippen LogP contribution in [-0.4, -0.2) is 83.1 Å². The first-order valence-corrected chi connectivity index (χ1v) is 17.9. The zero-order valence-electron chi connectivity index (χ0n) is 30.5. The molecule has 2 aliphatic rings. The van der Waals surface area contributed by atoms with Gasteiger partial charge < -0.3 is 31.5 Å². The minimum absolute atomic E-state index is 0.0142. The number of amides is 6.